The molecule has 1 aliphatic rings. The fourth-order valence-corrected chi connectivity index (χ4v) is 3.28. The number of nitro groups is 1. The number of hydrogen-bond acceptors (Lipinski definition) is 3. The molecule has 8 heteroatoms. The van der Waals surface area contributed by atoms with Crippen LogP contribution in [0, 0.1) is 10.1 Å². The van der Waals surface area contributed by atoms with Crippen LogP contribution in [0.3, 0.4) is 0 Å². The van der Waals surface area contributed by atoms with Crippen molar-refractivity contribution < 1.29 is 9.72 Å². The van der Waals surface area contributed by atoms with E-state index in [2.05, 4.69) is 10.3 Å². The SMILES string of the molecule is O=C(/N=C1\c2ccccc2CN1c1cccc([N+](=O)[O-])c1)Nc1ccc(Cl)cc1. The number of anilines is 2. The van der Waals surface area contributed by atoms with Crippen LogP contribution in [0.1, 0.15) is 11.1 Å². The van der Waals surface area contributed by atoms with Crippen LogP contribution in [0.25, 0.3) is 0 Å². The van der Waals surface area contributed by atoms with Crippen molar-refractivity contribution in [3.8, 4) is 0 Å². The van der Waals surface area contributed by atoms with Gasteiger partial charge in [0, 0.05) is 34.1 Å². The molecule has 0 saturated carbocycles. The van der Waals surface area contributed by atoms with Gasteiger partial charge < -0.3 is 10.2 Å². The van der Waals surface area contributed by atoms with Crippen molar-refractivity contribution in [1.29, 1.82) is 0 Å². The smallest absolute Gasteiger partial charge is 0.321 e. The van der Waals surface area contributed by atoms with Crippen molar-refractivity contribution in [3.63, 3.8) is 0 Å². The molecule has 4 rings (SSSR count). The summed E-state index contributed by atoms with van der Waals surface area (Å²) in [6.07, 6.45) is 0. The Morgan fingerprint density at radius 1 is 1.07 bits per heavy atom. The molecule has 0 aliphatic carbocycles. The number of nitrogens with zero attached hydrogens (tertiary/aromatic N) is 3. The molecular formula is C21H15ClN4O3. The molecule has 0 aromatic heterocycles. The summed E-state index contributed by atoms with van der Waals surface area (Å²) in [6, 6.07) is 20.0. The molecule has 1 aliphatic heterocycles. The number of carbonyl (C=O) groups is 1. The maximum absolute atomic E-state index is 12.5. The van der Waals surface area contributed by atoms with E-state index < -0.39 is 11.0 Å². The van der Waals surface area contributed by atoms with Crippen molar-refractivity contribution in [3.05, 3.63) is 99.1 Å². The number of urea groups is 1. The first-order valence-corrected chi connectivity index (χ1v) is 9.14. The zero-order valence-electron chi connectivity index (χ0n) is 15.1. The van der Waals surface area contributed by atoms with Crippen molar-refractivity contribution in [2.24, 2.45) is 4.99 Å². The van der Waals surface area contributed by atoms with Crippen LogP contribution >= 0.6 is 11.6 Å². The van der Waals surface area contributed by atoms with Gasteiger partial charge in [-0.2, -0.15) is 4.99 Å². The monoisotopic (exact) mass is 406 g/mol. The summed E-state index contributed by atoms with van der Waals surface area (Å²) >= 11 is 5.87. The number of non-ortho nitro benzene ring substituents is 1. The highest BCUT2D eigenvalue weighted by atomic mass is 35.5. The summed E-state index contributed by atoms with van der Waals surface area (Å²) in [5.74, 6) is 0.438. The molecule has 3 aromatic carbocycles. The molecular weight excluding hydrogens is 392 g/mol. The van der Waals surface area contributed by atoms with Gasteiger partial charge in [-0.3, -0.25) is 10.1 Å². The van der Waals surface area contributed by atoms with Crippen LogP contribution in [0.4, 0.5) is 21.9 Å². The second-order valence-corrected chi connectivity index (χ2v) is 6.83. The lowest BCUT2D eigenvalue weighted by Gasteiger charge is -2.19. The predicted molar refractivity (Wildman–Crippen MR) is 113 cm³/mol. The number of hydrogen-bond donors (Lipinski definition) is 1. The van der Waals surface area contributed by atoms with E-state index in [0.717, 1.165) is 11.1 Å². The molecule has 0 atom stereocenters. The fraction of sp³-hybridized carbons (Fsp3) is 0.0476. The Morgan fingerprint density at radius 3 is 2.59 bits per heavy atom. The number of carbonyl (C=O) groups excluding carboxylic acids is 1. The lowest BCUT2D eigenvalue weighted by molar-refractivity contribution is -0.384. The van der Waals surface area contributed by atoms with E-state index in [1.54, 1.807) is 41.3 Å². The number of fused-ring (bicyclic) bond motifs is 1. The van der Waals surface area contributed by atoms with Crippen LogP contribution < -0.4 is 10.2 Å². The number of amides is 2. The Labute approximate surface area is 171 Å². The Morgan fingerprint density at radius 2 is 1.83 bits per heavy atom. The standard InChI is InChI=1S/C21H15ClN4O3/c22-15-8-10-16(11-9-15)23-21(27)24-20-19-7-2-1-4-14(19)13-25(20)17-5-3-6-18(12-17)26(28)29/h1-12H,13H2,(H,23,27)/b24-20+. The molecule has 0 fully saturated rings. The summed E-state index contributed by atoms with van der Waals surface area (Å²) in [5.41, 5.74) is 2.93. The summed E-state index contributed by atoms with van der Waals surface area (Å²) in [6.45, 7) is 0.463. The molecule has 2 amide bonds. The van der Waals surface area contributed by atoms with E-state index in [-0.39, 0.29) is 5.69 Å². The first-order chi connectivity index (χ1) is 14.0. The van der Waals surface area contributed by atoms with Crippen molar-refractivity contribution >= 4 is 40.5 Å². The van der Waals surface area contributed by atoms with E-state index in [9.17, 15) is 14.9 Å². The van der Waals surface area contributed by atoms with Crippen LogP contribution in [-0.4, -0.2) is 16.8 Å². The molecule has 0 radical (unpaired) electrons. The minimum absolute atomic E-state index is 0.0246. The number of aliphatic imine (C=N–C) groups is 1. The number of rotatable bonds is 3. The van der Waals surface area contributed by atoms with Crippen molar-refractivity contribution in [2.45, 2.75) is 6.54 Å². The third-order valence-corrected chi connectivity index (χ3v) is 4.75. The average Bonchev–Trinajstić information content (AvgIpc) is 3.08. The highest BCUT2D eigenvalue weighted by Crippen LogP contribution is 2.31. The molecule has 1 N–H and O–H groups in total. The zero-order chi connectivity index (χ0) is 20.4. The molecule has 1 heterocycles. The normalized spacial score (nSPS) is 14.0. The molecule has 144 valence electrons. The van der Waals surface area contributed by atoms with E-state index in [1.165, 1.54) is 12.1 Å². The average molecular weight is 407 g/mol. The quantitative estimate of drug-likeness (QED) is 0.475. The van der Waals surface area contributed by atoms with Crippen molar-refractivity contribution in [2.75, 3.05) is 10.2 Å². The van der Waals surface area contributed by atoms with Crippen LogP contribution in [0.2, 0.25) is 5.02 Å². The van der Waals surface area contributed by atoms with Gasteiger partial charge in [0.1, 0.15) is 5.84 Å². The maximum Gasteiger partial charge on any atom is 0.347 e. The first kappa shape index (κ1) is 18.6. The lowest BCUT2D eigenvalue weighted by atomic mass is 10.1. The van der Waals surface area contributed by atoms with Gasteiger partial charge in [0.2, 0.25) is 0 Å². The Balaban J connectivity index is 1.69. The van der Waals surface area contributed by atoms with Crippen LogP contribution in [0.15, 0.2) is 77.8 Å². The number of benzene rings is 3. The first-order valence-electron chi connectivity index (χ1n) is 8.77. The Bertz CT molecular complexity index is 1130. The fourth-order valence-electron chi connectivity index (χ4n) is 3.16. The minimum Gasteiger partial charge on any atom is -0.321 e. The molecule has 0 unspecified atom stereocenters. The summed E-state index contributed by atoms with van der Waals surface area (Å²) < 4.78 is 0. The number of nitro benzene ring substituents is 1. The summed E-state index contributed by atoms with van der Waals surface area (Å²) in [7, 11) is 0. The van der Waals surface area contributed by atoms with Gasteiger partial charge in [0.25, 0.3) is 5.69 Å². The third-order valence-electron chi connectivity index (χ3n) is 4.50. The highest BCUT2D eigenvalue weighted by molar-refractivity contribution is 6.30. The summed E-state index contributed by atoms with van der Waals surface area (Å²) in [4.78, 5) is 29.3. The second kappa shape index (κ2) is 7.73. The van der Waals surface area contributed by atoms with Gasteiger partial charge in [-0.25, -0.2) is 4.79 Å². The highest BCUT2D eigenvalue weighted by Gasteiger charge is 2.28. The Hall–Kier alpha value is -3.71. The predicted octanol–water partition coefficient (Wildman–Crippen LogP) is 5.25. The van der Waals surface area contributed by atoms with Crippen LogP contribution in [-0.2, 0) is 6.54 Å². The van der Waals surface area contributed by atoms with E-state index >= 15 is 0 Å². The second-order valence-electron chi connectivity index (χ2n) is 6.39. The van der Waals surface area contributed by atoms with E-state index in [1.807, 2.05) is 24.3 Å². The largest absolute Gasteiger partial charge is 0.347 e. The lowest BCUT2D eigenvalue weighted by Crippen LogP contribution is -2.26. The van der Waals surface area contributed by atoms with Gasteiger partial charge in [-0.05, 0) is 35.9 Å². The van der Waals surface area contributed by atoms with Gasteiger partial charge in [0.15, 0.2) is 0 Å². The molecule has 3 aromatic rings. The van der Waals surface area contributed by atoms with Gasteiger partial charge in [-0.1, -0.05) is 41.9 Å². The molecule has 29 heavy (non-hydrogen) atoms. The number of amidine groups is 1. The molecule has 0 bridgehead atoms. The summed E-state index contributed by atoms with van der Waals surface area (Å²) in [5, 5.41) is 14.4. The third kappa shape index (κ3) is 3.95. The van der Waals surface area contributed by atoms with Crippen molar-refractivity contribution in [1.82, 2.24) is 0 Å². The zero-order valence-corrected chi connectivity index (χ0v) is 15.8. The molecule has 0 saturated heterocycles. The maximum atomic E-state index is 12.5. The van der Waals surface area contributed by atoms with Gasteiger partial charge in [0.05, 0.1) is 11.5 Å². The minimum atomic E-state index is -0.547. The Kier molecular flexibility index (Phi) is 4.97. The number of halogens is 1. The van der Waals surface area contributed by atoms with E-state index in [0.29, 0.717) is 28.8 Å². The van der Waals surface area contributed by atoms with E-state index in [4.69, 9.17) is 11.6 Å². The molecule has 7 nitrogen and oxygen atoms in total. The van der Waals surface area contributed by atoms with Gasteiger partial charge >= 0.3 is 6.03 Å². The number of nitrogens with one attached hydrogen (secondary N) is 1. The van der Waals surface area contributed by atoms with Crippen LogP contribution in [0.5, 0.6) is 0 Å². The molecule has 0 spiro atoms. The topological polar surface area (TPSA) is 87.8 Å². The van der Waals surface area contributed by atoms with Gasteiger partial charge in [-0.15, -0.1) is 0 Å².